The van der Waals surface area contributed by atoms with Gasteiger partial charge >= 0.3 is 0 Å². The summed E-state index contributed by atoms with van der Waals surface area (Å²) in [4.78, 5) is 0. The quantitative estimate of drug-likeness (QED) is 0.846. The van der Waals surface area contributed by atoms with Crippen molar-refractivity contribution in [3.05, 3.63) is 29.8 Å². The Morgan fingerprint density at radius 3 is 2.05 bits per heavy atom. The van der Waals surface area contributed by atoms with Gasteiger partial charge in [-0.15, -0.1) is 0 Å². The first-order chi connectivity index (χ1) is 9.71. The van der Waals surface area contributed by atoms with Crippen LogP contribution in [0.1, 0.15) is 65.5 Å². The third-order valence-electron chi connectivity index (χ3n) is 4.66. The molecule has 0 bridgehead atoms. The van der Waals surface area contributed by atoms with Crippen LogP contribution in [0, 0.1) is 10.8 Å². The van der Waals surface area contributed by atoms with Gasteiger partial charge in [-0.1, -0.05) is 39.8 Å². The lowest BCUT2D eigenvalue weighted by atomic mass is 9.63. The van der Waals surface area contributed by atoms with E-state index in [9.17, 15) is 0 Å². The highest BCUT2D eigenvalue weighted by Crippen LogP contribution is 2.46. The fourth-order valence-electron chi connectivity index (χ4n) is 4.31. The Bertz CT molecular complexity index is 445. The minimum Gasteiger partial charge on any atom is -0.497 e. The Labute approximate surface area is 130 Å². The third-order valence-corrected chi connectivity index (χ3v) is 4.66. The molecule has 1 unspecified atom stereocenters. The predicted molar refractivity (Wildman–Crippen MR) is 89.7 cm³/mol. The molecule has 0 heterocycles. The zero-order chi connectivity index (χ0) is 15.7. The number of methoxy groups -OCH3 is 1. The Hall–Kier alpha value is -1.02. The molecule has 1 atom stereocenters. The maximum absolute atomic E-state index is 5.23. The second kappa shape index (κ2) is 6.00. The lowest BCUT2D eigenvalue weighted by Gasteiger charge is -2.46. The number of rotatable bonds is 4. The van der Waals surface area contributed by atoms with Gasteiger partial charge in [0.1, 0.15) is 5.75 Å². The average molecular weight is 289 g/mol. The molecule has 2 nitrogen and oxygen atoms in total. The van der Waals surface area contributed by atoms with Crippen LogP contribution in [0.2, 0.25) is 0 Å². The van der Waals surface area contributed by atoms with Gasteiger partial charge in [-0.2, -0.15) is 0 Å². The highest BCUT2D eigenvalue weighted by atomic mass is 16.5. The van der Waals surface area contributed by atoms with Gasteiger partial charge in [0.25, 0.3) is 0 Å². The van der Waals surface area contributed by atoms with Crippen LogP contribution in [0.15, 0.2) is 24.3 Å². The molecule has 2 heteroatoms. The van der Waals surface area contributed by atoms with Crippen LogP contribution in [0.25, 0.3) is 0 Å². The Kier molecular flexibility index (Phi) is 4.67. The Balaban J connectivity index is 2.02. The summed E-state index contributed by atoms with van der Waals surface area (Å²) in [5.41, 5.74) is 2.19. The van der Waals surface area contributed by atoms with Gasteiger partial charge in [0.05, 0.1) is 7.11 Å². The molecular formula is C19H31NO. The molecule has 0 aliphatic heterocycles. The van der Waals surface area contributed by atoms with Crippen LogP contribution in [-0.2, 0) is 0 Å². The normalized spacial score (nSPS) is 22.8. The van der Waals surface area contributed by atoms with Crippen molar-refractivity contribution < 1.29 is 4.74 Å². The first-order valence-corrected chi connectivity index (χ1v) is 8.11. The monoisotopic (exact) mass is 289 g/mol. The van der Waals surface area contributed by atoms with E-state index in [1.807, 2.05) is 12.1 Å². The second-order valence-corrected chi connectivity index (χ2v) is 8.27. The fourth-order valence-corrected chi connectivity index (χ4v) is 4.31. The number of hydrogen-bond acceptors (Lipinski definition) is 2. The van der Waals surface area contributed by atoms with Gasteiger partial charge < -0.3 is 10.1 Å². The summed E-state index contributed by atoms with van der Waals surface area (Å²) in [5.74, 6) is 0.922. The highest BCUT2D eigenvalue weighted by Gasteiger charge is 2.38. The van der Waals surface area contributed by atoms with E-state index in [4.69, 9.17) is 4.74 Å². The summed E-state index contributed by atoms with van der Waals surface area (Å²) in [6.45, 7) is 11.9. The van der Waals surface area contributed by atoms with E-state index in [1.165, 1.54) is 24.8 Å². The van der Waals surface area contributed by atoms with Crippen molar-refractivity contribution >= 4 is 0 Å². The summed E-state index contributed by atoms with van der Waals surface area (Å²) >= 11 is 0. The zero-order valence-electron chi connectivity index (χ0n) is 14.5. The molecule has 118 valence electrons. The largest absolute Gasteiger partial charge is 0.497 e. The zero-order valence-corrected chi connectivity index (χ0v) is 14.5. The van der Waals surface area contributed by atoms with Crippen molar-refractivity contribution in [1.29, 1.82) is 0 Å². The molecule has 0 spiro atoms. The second-order valence-electron chi connectivity index (χ2n) is 8.27. The molecule has 0 radical (unpaired) electrons. The smallest absolute Gasteiger partial charge is 0.118 e. The van der Waals surface area contributed by atoms with Crippen molar-refractivity contribution in [3.63, 3.8) is 0 Å². The molecular weight excluding hydrogens is 258 g/mol. The van der Waals surface area contributed by atoms with E-state index < -0.39 is 0 Å². The van der Waals surface area contributed by atoms with Crippen molar-refractivity contribution in [1.82, 2.24) is 5.32 Å². The van der Waals surface area contributed by atoms with Crippen LogP contribution < -0.4 is 10.1 Å². The Morgan fingerprint density at radius 2 is 1.57 bits per heavy atom. The van der Waals surface area contributed by atoms with E-state index in [1.54, 1.807) is 7.11 Å². The van der Waals surface area contributed by atoms with Gasteiger partial charge in [-0.3, -0.25) is 0 Å². The lowest BCUT2D eigenvalue weighted by molar-refractivity contribution is 0.0811. The molecule has 1 N–H and O–H groups in total. The maximum atomic E-state index is 5.23. The summed E-state index contributed by atoms with van der Waals surface area (Å²) in [6, 6.07) is 9.39. The molecule has 1 saturated carbocycles. The molecule has 1 aromatic rings. The molecule has 0 aromatic heterocycles. The lowest BCUT2D eigenvalue weighted by Crippen LogP contribution is -2.44. The molecule has 1 fully saturated rings. The average Bonchev–Trinajstić information content (AvgIpc) is 2.35. The summed E-state index contributed by atoms with van der Waals surface area (Å²) in [7, 11) is 1.71. The van der Waals surface area contributed by atoms with Crippen LogP contribution in [0.5, 0.6) is 5.75 Å². The number of ether oxygens (including phenoxy) is 1. The molecule has 1 aromatic carbocycles. The molecule has 2 rings (SSSR count). The standard InChI is InChI=1S/C19H31NO/c1-14(15-7-9-17(21-6)10-8-15)20-16-11-18(2,3)13-19(4,5)12-16/h7-10,14,16,20H,11-13H2,1-6H3. The van der Waals surface area contributed by atoms with Crippen LogP contribution >= 0.6 is 0 Å². The van der Waals surface area contributed by atoms with E-state index in [-0.39, 0.29) is 0 Å². The van der Waals surface area contributed by atoms with Crippen molar-refractivity contribution in [2.75, 3.05) is 7.11 Å². The van der Waals surface area contributed by atoms with Gasteiger partial charge in [0.15, 0.2) is 0 Å². The SMILES string of the molecule is COc1ccc(C(C)NC2CC(C)(C)CC(C)(C)C2)cc1. The number of benzene rings is 1. The molecule has 0 saturated heterocycles. The van der Waals surface area contributed by atoms with Gasteiger partial charge in [0.2, 0.25) is 0 Å². The summed E-state index contributed by atoms with van der Waals surface area (Å²) < 4.78 is 5.23. The number of nitrogens with one attached hydrogen (secondary N) is 1. The molecule has 21 heavy (non-hydrogen) atoms. The van der Waals surface area contributed by atoms with Crippen molar-refractivity contribution in [2.45, 2.75) is 66.0 Å². The summed E-state index contributed by atoms with van der Waals surface area (Å²) in [6.07, 6.45) is 3.84. The van der Waals surface area contributed by atoms with Crippen LogP contribution in [-0.4, -0.2) is 13.2 Å². The van der Waals surface area contributed by atoms with Crippen molar-refractivity contribution in [2.24, 2.45) is 10.8 Å². The fraction of sp³-hybridized carbons (Fsp3) is 0.684. The minimum atomic E-state index is 0.380. The van der Waals surface area contributed by atoms with E-state index in [0.29, 0.717) is 22.9 Å². The first-order valence-electron chi connectivity index (χ1n) is 8.11. The molecule has 0 amide bonds. The van der Waals surface area contributed by atoms with Crippen molar-refractivity contribution in [3.8, 4) is 5.75 Å². The van der Waals surface area contributed by atoms with E-state index >= 15 is 0 Å². The highest BCUT2D eigenvalue weighted by molar-refractivity contribution is 5.28. The molecule has 1 aliphatic rings. The summed E-state index contributed by atoms with van der Waals surface area (Å²) in [5, 5.41) is 3.84. The van der Waals surface area contributed by atoms with Crippen LogP contribution in [0.3, 0.4) is 0 Å². The van der Waals surface area contributed by atoms with Gasteiger partial charge in [0, 0.05) is 12.1 Å². The maximum Gasteiger partial charge on any atom is 0.118 e. The topological polar surface area (TPSA) is 21.3 Å². The van der Waals surface area contributed by atoms with Gasteiger partial charge in [-0.25, -0.2) is 0 Å². The van der Waals surface area contributed by atoms with Crippen LogP contribution in [0.4, 0.5) is 0 Å². The van der Waals surface area contributed by atoms with E-state index in [0.717, 1.165) is 5.75 Å². The number of hydrogen-bond donors (Lipinski definition) is 1. The predicted octanol–water partition coefficient (Wildman–Crippen LogP) is 4.95. The minimum absolute atomic E-state index is 0.380. The van der Waals surface area contributed by atoms with Gasteiger partial charge in [-0.05, 0) is 54.7 Å². The third kappa shape index (κ3) is 4.47. The first kappa shape index (κ1) is 16.4. The molecule has 1 aliphatic carbocycles. The Morgan fingerprint density at radius 1 is 1.05 bits per heavy atom. The van der Waals surface area contributed by atoms with E-state index in [2.05, 4.69) is 52.1 Å².